The molecular weight excluding hydrogens is 238 g/mol. The standard InChI is InChI=1S/C16H17NO2/c1-11-5-6-15-13(8-11)9-14(19-15)10-17-7-3-4-12(2)16(17)18/h3-8,14H,9-10H2,1-2H3. The summed E-state index contributed by atoms with van der Waals surface area (Å²) in [6.45, 7) is 4.53. The number of hydrogen-bond acceptors (Lipinski definition) is 2. The summed E-state index contributed by atoms with van der Waals surface area (Å²) < 4.78 is 7.64. The number of fused-ring (bicyclic) bond motifs is 1. The fourth-order valence-electron chi connectivity index (χ4n) is 2.57. The highest BCUT2D eigenvalue weighted by Crippen LogP contribution is 2.29. The van der Waals surface area contributed by atoms with Crippen molar-refractivity contribution < 1.29 is 4.74 Å². The number of rotatable bonds is 2. The Hall–Kier alpha value is -2.03. The minimum atomic E-state index is 0.0521. The van der Waals surface area contributed by atoms with Crippen LogP contribution in [0.2, 0.25) is 0 Å². The first kappa shape index (κ1) is 12.0. The lowest BCUT2D eigenvalue weighted by Gasteiger charge is -2.13. The maximum absolute atomic E-state index is 12.0. The van der Waals surface area contributed by atoms with Crippen molar-refractivity contribution in [2.75, 3.05) is 0 Å². The van der Waals surface area contributed by atoms with E-state index in [2.05, 4.69) is 19.1 Å². The summed E-state index contributed by atoms with van der Waals surface area (Å²) in [5.41, 5.74) is 3.33. The van der Waals surface area contributed by atoms with E-state index in [4.69, 9.17) is 4.74 Å². The summed E-state index contributed by atoms with van der Waals surface area (Å²) in [4.78, 5) is 12.0. The molecule has 0 saturated heterocycles. The minimum absolute atomic E-state index is 0.0521. The van der Waals surface area contributed by atoms with Crippen LogP contribution in [0, 0.1) is 13.8 Å². The third-order valence-electron chi connectivity index (χ3n) is 3.57. The third kappa shape index (κ3) is 2.28. The van der Waals surface area contributed by atoms with Crippen molar-refractivity contribution in [1.29, 1.82) is 0 Å². The Morgan fingerprint density at radius 1 is 1.32 bits per heavy atom. The van der Waals surface area contributed by atoms with Crippen LogP contribution in [0.1, 0.15) is 16.7 Å². The van der Waals surface area contributed by atoms with Crippen LogP contribution in [-0.2, 0) is 13.0 Å². The molecule has 1 aliphatic rings. The molecule has 0 amide bonds. The van der Waals surface area contributed by atoms with Crippen molar-refractivity contribution >= 4 is 0 Å². The van der Waals surface area contributed by atoms with Gasteiger partial charge in [0.2, 0.25) is 0 Å². The highest BCUT2D eigenvalue weighted by molar-refractivity contribution is 5.40. The lowest BCUT2D eigenvalue weighted by molar-refractivity contribution is 0.207. The van der Waals surface area contributed by atoms with E-state index >= 15 is 0 Å². The lowest BCUT2D eigenvalue weighted by Crippen LogP contribution is -2.29. The molecule has 19 heavy (non-hydrogen) atoms. The Bertz CT molecular complexity index is 673. The average Bonchev–Trinajstić information content (AvgIpc) is 2.76. The molecule has 98 valence electrons. The number of pyridine rings is 1. The van der Waals surface area contributed by atoms with Crippen molar-refractivity contribution in [1.82, 2.24) is 4.57 Å². The van der Waals surface area contributed by atoms with Gasteiger partial charge in [-0.05, 0) is 31.5 Å². The Morgan fingerprint density at radius 3 is 3.00 bits per heavy atom. The molecule has 0 bridgehead atoms. The first-order valence-corrected chi connectivity index (χ1v) is 6.56. The van der Waals surface area contributed by atoms with Crippen molar-refractivity contribution in [2.45, 2.75) is 32.9 Å². The molecule has 1 aromatic heterocycles. The number of benzene rings is 1. The van der Waals surface area contributed by atoms with Crippen molar-refractivity contribution in [3.63, 3.8) is 0 Å². The van der Waals surface area contributed by atoms with Crippen LogP contribution in [0.15, 0.2) is 41.3 Å². The molecule has 1 aromatic carbocycles. The SMILES string of the molecule is Cc1ccc2c(c1)CC(Cn1cccc(C)c1=O)O2. The monoisotopic (exact) mass is 255 g/mol. The van der Waals surface area contributed by atoms with Gasteiger partial charge in [-0.1, -0.05) is 23.8 Å². The first-order chi connectivity index (χ1) is 9.13. The van der Waals surface area contributed by atoms with Crippen LogP contribution in [0.3, 0.4) is 0 Å². The Morgan fingerprint density at radius 2 is 2.16 bits per heavy atom. The molecule has 2 aromatic rings. The number of aryl methyl sites for hydroxylation is 2. The normalized spacial score (nSPS) is 17.1. The topological polar surface area (TPSA) is 31.2 Å². The van der Waals surface area contributed by atoms with E-state index in [1.54, 1.807) is 4.57 Å². The van der Waals surface area contributed by atoms with Gasteiger partial charge in [-0.25, -0.2) is 0 Å². The van der Waals surface area contributed by atoms with Crippen LogP contribution in [0.4, 0.5) is 0 Å². The predicted molar refractivity (Wildman–Crippen MR) is 74.7 cm³/mol. The second-order valence-corrected chi connectivity index (χ2v) is 5.20. The Labute approximate surface area is 112 Å². The van der Waals surface area contributed by atoms with Crippen LogP contribution < -0.4 is 10.3 Å². The van der Waals surface area contributed by atoms with E-state index in [-0.39, 0.29) is 11.7 Å². The quantitative estimate of drug-likeness (QED) is 0.825. The molecule has 1 atom stereocenters. The zero-order valence-electron chi connectivity index (χ0n) is 11.2. The molecule has 0 N–H and O–H groups in total. The largest absolute Gasteiger partial charge is 0.488 e. The van der Waals surface area contributed by atoms with Crippen LogP contribution in [0.25, 0.3) is 0 Å². The summed E-state index contributed by atoms with van der Waals surface area (Å²) in [7, 11) is 0. The van der Waals surface area contributed by atoms with Crippen molar-refractivity contribution in [3.8, 4) is 5.75 Å². The van der Waals surface area contributed by atoms with Crippen LogP contribution in [0.5, 0.6) is 5.75 Å². The molecular formula is C16H17NO2. The molecule has 1 unspecified atom stereocenters. The van der Waals surface area contributed by atoms with E-state index in [1.807, 2.05) is 31.3 Å². The second-order valence-electron chi connectivity index (χ2n) is 5.20. The summed E-state index contributed by atoms with van der Waals surface area (Å²) >= 11 is 0. The number of hydrogen-bond donors (Lipinski definition) is 0. The molecule has 0 spiro atoms. The summed E-state index contributed by atoms with van der Waals surface area (Å²) in [5.74, 6) is 0.955. The zero-order chi connectivity index (χ0) is 13.4. The summed E-state index contributed by atoms with van der Waals surface area (Å²) in [5, 5.41) is 0. The lowest BCUT2D eigenvalue weighted by atomic mass is 10.1. The van der Waals surface area contributed by atoms with Gasteiger partial charge in [-0.15, -0.1) is 0 Å². The molecule has 1 aliphatic heterocycles. The van der Waals surface area contributed by atoms with E-state index in [0.29, 0.717) is 6.54 Å². The van der Waals surface area contributed by atoms with Gasteiger partial charge >= 0.3 is 0 Å². The summed E-state index contributed by atoms with van der Waals surface area (Å²) in [6.07, 6.45) is 2.75. The van der Waals surface area contributed by atoms with Gasteiger partial charge in [0.05, 0.1) is 6.54 Å². The maximum Gasteiger partial charge on any atom is 0.253 e. The predicted octanol–water partition coefficient (Wildman–Crippen LogP) is 2.47. The average molecular weight is 255 g/mol. The highest BCUT2D eigenvalue weighted by atomic mass is 16.5. The van der Waals surface area contributed by atoms with Gasteiger partial charge in [0.1, 0.15) is 11.9 Å². The molecule has 3 heteroatoms. The van der Waals surface area contributed by atoms with Crippen LogP contribution >= 0.6 is 0 Å². The molecule has 0 fully saturated rings. The molecule has 0 saturated carbocycles. The van der Waals surface area contributed by atoms with Gasteiger partial charge in [-0.3, -0.25) is 4.79 Å². The third-order valence-corrected chi connectivity index (χ3v) is 3.57. The van der Waals surface area contributed by atoms with E-state index < -0.39 is 0 Å². The van der Waals surface area contributed by atoms with Crippen LogP contribution in [-0.4, -0.2) is 10.7 Å². The molecule has 0 radical (unpaired) electrons. The van der Waals surface area contributed by atoms with E-state index in [1.165, 1.54) is 11.1 Å². The Balaban J connectivity index is 1.81. The molecule has 0 aliphatic carbocycles. The summed E-state index contributed by atoms with van der Waals surface area (Å²) in [6, 6.07) is 9.98. The van der Waals surface area contributed by atoms with Gasteiger partial charge in [0.25, 0.3) is 5.56 Å². The fourth-order valence-corrected chi connectivity index (χ4v) is 2.57. The second kappa shape index (κ2) is 4.57. The first-order valence-electron chi connectivity index (χ1n) is 6.56. The zero-order valence-corrected chi connectivity index (χ0v) is 11.2. The molecule has 2 heterocycles. The van der Waals surface area contributed by atoms with Gasteiger partial charge in [0, 0.05) is 18.2 Å². The minimum Gasteiger partial charge on any atom is -0.488 e. The van der Waals surface area contributed by atoms with Gasteiger partial charge in [0.15, 0.2) is 0 Å². The van der Waals surface area contributed by atoms with E-state index in [9.17, 15) is 4.79 Å². The molecule has 3 rings (SSSR count). The van der Waals surface area contributed by atoms with Gasteiger partial charge < -0.3 is 9.30 Å². The molecule has 3 nitrogen and oxygen atoms in total. The number of ether oxygens (including phenoxy) is 1. The number of aromatic nitrogens is 1. The maximum atomic E-state index is 12.0. The van der Waals surface area contributed by atoms with Gasteiger partial charge in [-0.2, -0.15) is 0 Å². The smallest absolute Gasteiger partial charge is 0.253 e. The Kier molecular flexibility index (Phi) is 2.90. The highest BCUT2D eigenvalue weighted by Gasteiger charge is 2.23. The van der Waals surface area contributed by atoms with Crippen molar-refractivity contribution in [3.05, 3.63) is 63.6 Å². The van der Waals surface area contributed by atoms with Crippen molar-refractivity contribution in [2.24, 2.45) is 0 Å². The van der Waals surface area contributed by atoms with E-state index in [0.717, 1.165) is 17.7 Å². The number of nitrogens with zero attached hydrogens (tertiary/aromatic N) is 1. The fraction of sp³-hybridized carbons (Fsp3) is 0.312.